The molecule has 8 nitrogen and oxygen atoms in total. The molecule has 3 aromatic rings. The summed E-state index contributed by atoms with van der Waals surface area (Å²) in [5.74, 6) is -1.64. The second-order valence-corrected chi connectivity index (χ2v) is 8.26. The van der Waals surface area contributed by atoms with E-state index in [1.165, 1.54) is 25.3 Å². The Labute approximate surface area is 188 Å². The molecule has 0 saturated carbocycles. The van der Waals surface area contributed by atoms with Crippen molar-refractivity contribution in [1.29, 1.82) is 0 Å². The van der Waals surface area contributed by atoms with Gasteiger partial charge >= 0.3 is 18.1 Å². The van der Waals surface area contributed by atoms with Crippen LogP contribution in [0.1, 0.15) is 38.0 Å². The van der Waals surface area contributed by atoms with Gasteiger partial charge in [0.05, 0.1) is 36.7 Å². The number of nitrogens with zero attached hydrogens (tertiary/aromatic N) is 3. The predicted molar refractivity (Wildman–Crippen MR) is 115 cm³/mol. The number of carbonyl (C=O) groups is 2. The summed E-state index contributed by atoms with van der Waals surface area (Å²) in [6.45, 7) is 5.23. The number of aliphatic hydroxyl groups is 1. The number of hydrogen-bond donors (Lipinski definition) is 1. The van der Waals surface area contributed by atoms with E-state index in [-0.39, 0.29) is 36.1 Å². The average Bonchev–Trinajstić information content (AvgIpc) is 3.19. The van der Waals surface area contributed by atoms with E-state index in [0.717, 1.165) is 9.58 Å². The summed E-state index contributed by atoms with van der Waals surface area (Å²) >= 11 is 0. The number of amides is 1. The molecule has 0 fully saturated rings. The molecule has 0 aliphatic carbocycles. The van der Waals surface area contributed by atoms with Gasteiger partial charge in [0, 0.05) is 10.9 Å². The number of halogens is 2. The van der Waals surface area contributed by atoms with Crippen LogP contribution in [0.5, 0.6) is 5.75 Å². The normalized spacial score (nSPS) is 16.0. The lowest BCUT2D eigenvalue weighted by Gasteiger charge is -2.35. The Hall–Kier alpha value is -3.53. The molecular weight excluding hydrogens is 436 g/mol. The fourth-order valence-electron chi connectivity index (χ4n) is 3.65. The van der Waals surface area contributed by atoms with E-state index in [0.29, 0.717) is 16.5 Å². The van der Waals surface area contributed by atoms with Crippen LogP contribution >= 0.6 is 0 Å². The van der Waals surface area contributed by atoms with Crippen LogP contribution in [0.4, 0.5) is 19.3 Å². The molecule has 1 atom stereocenters. The standard InChI is InChI=1S/C23H23F2N3O5/c1-13(2)12-32-22(31)28-18-8-4-6-15(17(18)10-26-28)11-27-19-9-5-7-16(14(3)29)20(19)33-23(24,25)21(27)30/h4-10,13-14,29H,11-12H2,1-3H3/t14-/m0/s1. The lowest BCUT2D eigenvalue weighted by Crippen LogP contribution is -2.50. The van der Waals surface area contributed by atoms with E-state index < -0.39 is 24.2 Å². The first-order valence-electron chi connectivity index (χ1n) is 10.4. The Morgan fingerprint density at radius 2 is 1.94 bits per heavy atom. The second kappa shape index (κ2) is 8.43. The molecule has 1 aliphatic heterocycles. The molecule has 1 N–H and O–H groups in total. The zero-order valence-corrected chi connectivity index (χ0v) is 18.3. The molecule has 4 rings (SSSR count). The molecule has 33 heavy (non-hydrogen) atoms. The number of hydrogen-bond acceptors (Lipinski definition) is 6. The maximum atomic E-state index is 14.5. The van der Waals surface area contributed by atoms with E-state index >= 15 is 0 Å². The molecular formula is C23H23F2N3O5. The van der Waals surface area contributed by atoms with Crippen molar-refractivity contribution < 1.29 is 33.0 Å². The zero-order valence-electron chi connectivity index (χ0n) is 18.3. The van der Waals surface area contributed by atoms with Crippen LogP contribution in [0, 0.1) is 5.92 Å². The number of fused-ring (bicyclic) bond motifs is 2. The summed E-state index contributed by atoms with van der Waals surface area (Å²) < 4.78 is 40.0. The number of rotatable bonds is 5. The smallest absolute Gasteiger partial charge is 0.448 e. The van der Waals surface area contributed by atoms with Gasteiger partial charge in [-0.2, -0.15) is 18.6 Å². The van der Waals surface area contributed by atoms with Crippen molar-refractivity contribution in [3.05, 3.63) is 53.7 Å². The van der Waals surface area contributed by atoms with E-state index in [2.05, 4.69) is 5.10 Å². The van der Waals surface area contributed by atoms with Gasteiger partial charge in [-0.25, -0.2) is 4.79 Å². The summed E-state index contributed by atoms with van der Waals surface area (Å²) in [5, 5.41) is 14.6. The number of ether oxygens (including phenoxy) is 2. The molecule has 1 amide bonds. The molecule has 0 unspecified atom stereocenters. The molecule has 1 aromatic heterocycles. The number of aliphatic hydroxyl groups excluding tert-OH is 1. The minimum absolute atomic E-state index is 0.116. The van der Waals surface area contributed by atoms with E-state index in [1.54, 1.807) is 24.3 Å². The highest BCUT2D eigenvalue weighted by molar-refractivity contribution is 6.01. The van der Waals surface area contributed by atoms with Crippen LogP contribution in [-0.4, -0.2) is 39.6 Å². The number of aromatic nitrogens is 2. The number of carbonyl (C=O) groups excluding carboxylic acids is 2. The molecule has 0 spiro atoms. The molecule has 0 saturated heterocycles. The molecule has 1 aliphatic rings. The topological polar surface area (TPSA) is 93.9 Å². The third-order valence-corrected chi connectivity index (χ3v) is 5.24. The van der Waals surface area contributed by atoms with Gasteiger partial charge in [-0.1, -0.05) is 38.1 Å². The highest BCUT2D eigenvalue weighted by Gasteiger charge is 2.51. The quantitative estimate of drug-likeness (QED) is 0.613. The number of para-hydroxylation sites is 1. The Morgan fingerprint density at radius 3 is 2.64 bits per heavy atom. The number of benzene rings is 2. The van der Waals surface area contributed by atoms with Crippen molar-refractivity contribution in [3.63, 3.8) is 0 Å². The Kier molecular flexibility index (Phi) is 5.79. The first kappa shape index (κ1) is 22.7. The van der Waals surface area contributed by atoms with Crippen LogP contribution in [0.25, 0.3) is 10.9 Å². The van der Waals surface area contributed by atoms with Crippen molar-refractivity contribution >= 4 is 28.6 Å². The molecule has 2 aromatic carbocycles. The van der Waals surface area contributed by atoms with E-state index in [9.17, 15) is 23.5 Å². The van der Waals surface area contributed by atoms with Crippen molar-refractivity contribution in [1.82, 2.24) is 9.78 Å². The highest BCUT2D eigenvalue weighted by Crippen LogP contribution is 2.44. The van der Waals surface area contributed by atoms with Gasteiger partial charge in [0.1, 0.15) is 0 Å². The van der Waals surface area contributed by atoms with Crippen LogP contribution in [0.15, 0.2) is 42.6 Å². The third kappa shape index (κ3) is 4.13. The molecule has 174 valence electrons. The number of alkyl halides is 2. The molecule has 0 radical (unpaired) electrons. The fourth-order valence-corrected chi connectivity index (χ4v) is 3.65. The average molecular weight is 459 g/mol. The van der Waals surface area contributed by atoms with Crippen LogP contribution in [-0.2, 0) is 16.1 Å². The van der Waals surface area contributed by atoms with Gasteiger partial charge < -0.3 is 14.6 Å². The Bertz CT molecular complexity index is 1220. The molecule has 2 heterocycles. The van der Waals surface area contributed by atoms with Crippen molar-refractivity contribution in [2.45, 2.75) is 39.5 Å². The van der Waals surface area contributed by atoms with Gasteiger partial charge in [-0.15, -0.1) is 0 Å². The summed E-state index contributed by atoms with van der Waals surface area (Å²) in [6.07, 6.45) is -4.41. The van der Waals surface area contributed by atoms with Crippen molar-refractivity contribution in [2.24, 2.45) is 5.92 Å². The van der Waals surface area contributed by atoms with Crippen LogP contribution in [0.3, 0.4) is 0 Å². The van der Waals surface area contributed by atoms with Crippen LogP contribution < -0.4 is 9.64 Å². The van der Waals surface area contributed by atoms with Gasteiger partial charge in [-0.3, -0.25) is 9.69 Å². The van der Waals surface area contributed by atoms with Gasteiger partial charge in [0.15, 0.2) is 5.75 Å². The summed E-state index contributed by atoms with van der Waals surface area (Å²) in [4.78, 5) is 25.9. The predicted octanol–water partition coefficient (Wildman–Crippen LogP) is 4.25. The van der Waals surface area contributed by atoms with Crippen molar-refractivity contribution in [3.8, 4) is 5.75 Å². The maximum absolute atomic E-state index is 14.5. The minimum atomic E-state index is -4.10. The molecule has 10 heteroatoms. The zero-order chi connectivity index (χ0) is 23.9. The second-order valence-electron chi connectivity index (χ2n) is 8.26. The van der Waals surface area contributed by atoms with E-state index in [4.69, 9.17) is 9.47 Å². The maximum Gasteiger partial charge on any atom is 0.483 e. The number of anilines is 1. The van der Waals surface area contributed by atoms with Gasteiger partial charge in [-0.05, 0) is 30.5 Å². The Balaban J connectivity index is 1.74. The SMILES string of the molecule is CC(C)COC(=O)n1ncc2c(CN3C(=O)C(F)(F)Oc4c([C@H](C)O)cccc43)cccc21. The lowest BCUT2D eigenvalue weighted by molar-refractivity contribution is -0.193. The largest absolute Gasteiger partial charge is 0.483 e. The van der Waals surface area contributed by atoms with Gasteiger partial charge in [0.25, 0.3) is 0 Å². The Morgan fingerprint density at radius 1 is 1.21 bits per heavy atom. The van der Waals surface area contributed by atoms with Gasteiger partial charge in [0.2, 0.25) is 0 Å². The monoisotopic (exact) mass is 459 g/mol. The lowest BCUT2D eigenvalue weighted by atomic mass is 10.0. The summed E-state index contributed by atoms with van der Waals surface area (Å²) in [7, 11) is 0. The van der Waals surface area contributed by atoms with E-state index in [1.807, 2.05) is 13.8 Å². The third-order valence-electron chi connectivity index (χ3n) is 5.24. The van der Waals surface area contributed by atoms with Crippen molar-refractivity contribution in [2.75, 3.05) is 11.5 Å². The molecule has 0 bridgehead atoms. The summed E-state index contributed by atoms with van der Waals surface area (Å²) in [5.41, 5.74) is 1.18. The summed E-state index contributed by atoms with van der Waals surface area (Å²) in [6, 6.07) is 9.44. The fraction of sp³-hybridized carbons (Fsp3) is 0.348. The minimum Gasteiger partial charge on any atom is -0.448 e. The highest BCUT2D eigenvalue weighted by atomic mass is 19.3. The van der Waals surface area contributed by atoms with Crippen LogP contribution in [0.2, 0.25) is 0 Å². The first-order chi connectivity index (χ1) is 15.6. The first-order valence-corrected chi connectivity index (χ1v) is 10.4.